The van der Waals surface area contributed by atoms with Crippen LogP contribution in [0.2, 0.25) is 40.2 Å². The van der Waals surface area contributed by atoms with Gasteiger partial charge in [-0.15, -0.1) is 0 Å². The molecule has 534 valence electrons. The fourth-order valence-corrected chi connectivity index (χ4v) is 11.3. The minimum atomic E-state index is -3.38. The number of esters is 2. The number of aliphatic hydroxyl groups excluding tert-OH is 2. The van der Waals surface area contributed by atoms with E-state index in [1.54, 1.807) is 61.5 Å². The second-order valence-corrected chi connectivity index (χ2v) is 26.9. The van der Waals surface area contributed by atoms with Gasteiger partial charge in [0.25, 0.3) is 10.1 Å². The number of carboxylic acid groups (broad SMARTS) is 2. The minimum absolute atomic E-state index is 0.0142. The van der Waals surface area contributed by atoms with Crippen molar-refractivity contribution in [3.05, 3.63) is 279 Å². The summed E-state index contributed by atoms with van der Waals surface area (Å²) < 4.78 is 35.4. The molecule has 0 aliphatic heterocycles. The summed E-state index contributed by atoms with van der Waals surface area (Å²) in [5.41, 5.74) is 7.23. The number of carbonyl (C=O) groups excluding carboxylic acids is 2. The van der Waals surface area contributed by atoms with Crippen LogP contribution in [0.1, 0.15) is 141 Å². The Labute approximate surface area is 623 Å². The van der Waals surface area contributed by atoms with Gasteiger partial charge in [0.15, 0.2) is 0 Å². The molecular formula is C76H85Cl8NO13S. The average molecular weight is 1540 g/mol. The highest BCUT2D eigenvalue weighted by atomic mass is 35.5. The molecule has 0 saturated heterocycles. The Kier molecular flexibility index (Phi) is 46.1. The van der Waals surface area contributed by atoms with Gasteiger partial charge in [0.2, 0.25) is 0 Å². The number of carboxylic acids is 2. The fourth-order valence-electron chi connectivity index (χ4n) is 8.56. The molecule has 0 saturated carbocycles. The molecule has 99 heavy (non-hydrogen) atoms. The van der Waals surface area contributed by atoms with Crippen LogP contribution in [-0.2, 0) is 55.8 Å². The number of hydrogen-bond donors (Lipinski definition) is 4. The third-order valence-corrected chi connectivity index (χ3v) is 17.5. The first kappa shape index (κ1) is 90.3. The van der Waals surface area contributed by atoms with Crippen molar-refractivity contribution in [1.29, 1.82) is 5.26 Å². The zero-order chi connectivity index (χ0) is 74.6. The molecule has 0 aliphatic rings. The van der Waals surface area contributed by atoms with Crippen molar-refractivity contribution in [1.82, 2.24) is 0 Å². The number of nitrogens with zero attached hydrogens (tertiary/aromatic N) is 1. The van der Waals surface area contributed by atoms with E-state index in [0.717, 1.165) is 66.7 Å². The van der Waals surface area contributed by atoms with E-state index in [1.165, 1.54) is 14.2 Å². The second-order valence-electron chi connectivity index (χ2n) is 22.0. The maximum absolute atomic E-state index is 11.2. The molecule has 0 spiro atoms. The molecule has 8 aromatic rings. The van der Waals surface area contributed by atoms with Crippen LogP contribution >= 0.6 is 92.8 Å². The van der Waals surface area contributed by atoms with Gasteiger partial charge >= 0.3 is 23.9 Å². The predicted octanol–water partition coefficient (Wildman–Crippen LogP) is 20.6. The Bertz CT molecular complexity index is 3870. The topological polar surface area (TPSA) is 235 Å². The largest absolute Gasteiger partial charge is 0.481 e. The first-order valence-corrected chi connectivity index (χ1v) is 35.7. The van der Waals surface area contributed by atoms with Crippen molar-refractivity contribution in [3.8, 4) is 6.07 Å². The lowest BCUT2D eigenvalue weighted by atomic mass is 9.98. The maximum Gasteiger partial charge on any atom is 0.312 e. The summed E-state index contributed by atoms with van der Waals surface area (Å²) in [5.74, 6) is -1.91. The molecular weight excluding hydrogens is 1450 g/mol. The second kappa shape index (κ2) is 50.6. The number of hydrogen-bond acceptors (Lipinski definition) is 12. The molecule has 6 atom stereocenters. The lowest BCUT2D eigenvalue weighted by molar-refractivity contribution is -0.142. The Balaban J connectivity index is 0.000000567. The van der Waals surface area contributed by atoms with Crippen LogP contribution in [0.25, 0.3) is 0 Å². The van der Waals surface area contributed by atoms with Gasteiger partial charge in [-0.05, 0) is 124 Å². The molecule has 0 amide bonds. The van der Waals surface area contributed by atoms with Gasteiger partial charge in [-0.25, -0.2) is 0 Å². The number of aliphatic carboxylic acids is 2. The number of rotatable bonds is 20. The van der Waals surface area contributed by atoms with E-state index in [-0.39, 0.29) is 80.6 Å². The highest BCUT2D eigenvalue weighted by Crippen LogP contribution is 2.30. The molecule has 4 N–H and O–H groups in total. The van der Waals surface area contributed by atoms with Crippen molar-refractivity contribution >= 4 is 127 Å². The van der Waals surface area contributed by atoms with Gasteiger partial charge in [-0.2, -0.15) is 13.7 Å². The van der Waals surface area contributed by atoms with Crippen LogP contribution in [0.15, 0.2) is 194 Å². The third-order valence-electron chi connectivity index (χ3n) is 14.2. The molecule has 23 heteroatoms. The summed E-state index contributed by atoms with van der Waals surface area (Å²) in [7, 11) is -0.652. The zero-order valence-electron chi connectivity index (χ0n) is 56.4. The molecule has 14 nitrogen and oxygen atoms in total. The van der Waals surface area contributed by atoms with Gasteiger partial charge < -0.3 is 29.9 Å². The smallest absolute Gasteiger partial charge is 0.312 e. The van der Waals surface area contributed by atoms with E-state index < -0.39 is 22.1 Å². The minimum Gasteiger partial charge on any atom is -0.481 e. The van der Waals surface area contributed by atoms with Crippen LogP contribution in [0, 0.1) is 11.3 Å². The zero-order valence-corrected chi connectivity index (χ0v) is 63.3. The first-order valence-electron chi connectivity index (χ1n) is 30.8. The van der Waals surface area contributed by atoms with Crippen molar-refractivity contribution in [2.75, 3.05) is 40.3 Å². The molecule has 6 unspecified atom stereocenters. The van der Waals surface area contributed by atoms with Crippen LogP contribution in [-0.4, -0.2) is 93.0 Å². The molecule has 0 aromatic heterocycles. The van der Waals surface area contributed by atoms with E-state index in [0.29, 0.717) is 43.0 Å². The maximum atomic E-state index is 11.2. The molecule has 8 rings (SSSR count). The molecule has 0 radical (unpaired) electrons. The van der Waals surface area contributed by atoms with Crippen molar-refractivity contribution in [2.45, 2.75) is 109 Å². The van der Waals surface area contributed by atoms with E-state index >= 15 is 0 Å². The SMILES string of the molecule is CC(CC#N)c1ccccc1Cl.CC(CC(=O)O)c1ccccc1Cl.CC(CCO)c1ccccc1Cl.CC(CO)c1ccccc1Cl.CC(COS(C)(=O)=O)c1ccccc1Cl.COC(=O)C(C)c1ccccc1Cl.COC(=O)Cc1ccccc1Cl.O=C(O)Cc1ccccc1Cl. The van der Waals surface area contributed by atoms with Crippen LogP contribution < -0.4 is 0 Å². The summed E-state index contributed by atoms with van der Waals surface area (Å²) in [6.07, 6.45) is 2.65. The highest BCUT2D eigenvalue weighted by molar-refractivity contribution is 7.86. The average Bonchev–Trinajstić information content (AvgIpc) is 0.944. The Morgan fingerprint density at radius 3 is 1.07 bits per heavy atom. The number of ether oxygens (including phenoxy) is 2. The normalized spacial score (nSPS) is 12.0. The number of nitriles is 1. The summed E-state index contributed by atoms with van der Waals surface area (Å²) in [6.45, 7) is 12.0. The summed E-state index contributed by atoms with van der Waals surface area (Å²) >= 11 is 47.1. The lowest BCUT2D eigenvalue weighted by Crippen LogP contribution is -2.10. The van der Waals surface area contributed by atoms with Crippen molar-refractivity contribution in [3.63, 3.8) is 0 Å². The van der Waals surface area contributed by atoms with Crippen LogP contribution in [0.4, 0.5) is 0 Å². The van der Waals surface area contributed by atoms with Gasteiger partial charge in [-0.3, -0.25) is 23.4 Å². The monoisotopic (exact) mass is 1530 g/mol. The third kappa shape index (κ3) is 37.5. The van der Waals surface area contributed by atoms with E-state index in [4.69, 9.17) is 123 Å². The quantitative estimate of drug-likeness (QED) is 0.0410. The predicted molar refractivity (Wildman–Crippen MR) is 403 cm³/mol. The summed E-state index contributed by atoms with van der Waals surface area (Å²) in [5, 5.41) is 48.4. The standard InChI is InChI=1S/C10H10ClN.C10H13ClO3S.2C10H11ClO2.C10H13ClO.C9H9ClO2.C9H11ClO.C8H7ClO2/c1-8(6-7-12)9-4-2-3-5-10(9)11;1-8(7-14-15(2,12)13)9-5-3-4-6-10(9)11;1-7(10(12)13-2)8-5-3-4-6-9(8)11;1-7(6-10(12)13)8-4-2-3-5-9(8)11;1-8(6-7-12)9-4-2-3-5-10(9)11;1-12-9(11)6-7-4-2-3-5-8(7)10;1-7(6-11)8-4-2-3-5-9(8)10;9-7-4-2-1-3-6(7)5-8(10)11/h2-5,8H,6H2,1H3;3-6,8H,7H2,1-2H3;3-7H,1-2H3;2-5,7H,6H2,1H3,(H,12,13);2-5,8,12H,6-7H2,1H3;2-5H,6H2,1H3;2-5,7,11H,6H2,1H3;1-4H,5H2,(H,10,11). The number of carbonyl (C=O) groups is 4. The van der Waals surface area contributed by atoms with Crippen LogP contribution in [0.3, 0.4) is 0 Å². The van der Waals surface area contributed by atoms with E-state index in [2.05, 4.69) is 22.5 Å². The Morgan fingerprint density at radius 1 is 0.434 bits per heavy atom. The highest BCUT2D eigenvalue weighted by Gasteiger charge is 2.18. The van der Waals surface area contributed by atoms with Crippen LogP contribution in [0.5, 0.6) is 0 Å². The van der Waals surface area contributed by atoms with Gasteiger partial charge in [0, 0.05) is 71.7 Å². The van der Waals surface area contributed by atoms with Gasteiger partial charge in [0.1, 0.15) is 0 Å². The van der Waals surface area contributed by atoms with E-state index in [9.17, 15) is 27.6 Å². The number of methoxy groups -OCH3 is 2. The molecule has 8 aromatic carbocycles. The fraction of sp³-hybridized carbons (Fsp3) is 0.303. The van der Waals surface area contributed by atoms with Gasteiger partial charge in [0.05, 0.1) is 58.3 Å². The first-order chi connectivity index (χ1) is 46.9. The molecule has 0 fully saturated rings. The summed E-state index contributed by atoms with van der Waals surface area (Å²) in [4.78, 5) is 42.7. The lowest BCUT2D eigenvalue weighted by Gasteiger charge is -2.12. The Morgan fingerprint density at radius 2 is 0.758 bits per heavy atom. The number of benzene rings is 8. The van der Waals surface area contributed by atoms with E-state index in [1.807, 2.05) is 167 Å². The van der Waals surface area contributed by atoms with Crippen molar-refractivity contribution < 1.29 is 61.7 Å². The molecule has 0 aliphatic carbocycles. The molecule has 0 heterocycles. The summed E-state index contributed by atoms with van der Waals surface area (Å²) in [6, 6.07) is 61.2. The number of aliphatic hydroxyl groups is 2. The van der Waals surface area contributed by atoms with Gasteiger partial charge in [-0.1, -0.05) is 273 Å². The Hall–Kier alpha value is -6.72. The number of halogens is 8. The molecule has 0 bridgehead atoms. The van der Waals surface area contributed by atoms with Crippen molar-refractivity contribution in [2.24, 2.45) is 0 Å².